The van der Waals surface area contributed by atoms with Crippen molar-refractivity contribution >= 4 is 23.6 Å². The summed E-state index contributed by atoms with van der Waals surface area (Å²) in [5.41, 5.74) is 0. The van der Waals surface area contributed by atoms with Gasteiger partial charge in [0.1, 0.15) is 85.1 Å². The van der Waals surface area contributed by atoms with E-state index in [1.54, 1.807) is 0 Å². The predicted molar refractivity (Wildman–Crippen MR) is 356 cm³/mol. The number of aliphatic hydroxyl groups is 13. The highest BCUT2D eigenvalue weighted by Gasteiger charge is 2.61. The third-order valence-corrected chi connectivity index (χ3v) is 19.6. The van der Waals surface area contributed by atoms with Crippen molar-refractivity contribution in [1.82, 2.24) is 10.6 Å². The van der Waals surface area contributed by atoms with Crippen LogP contribution in [0.25, 0.3) is 0 Å². The molecule has 0 bridgehead atoms. The van der Waals surface area contributed by atoms with Crippen molar-refractivity contribution in [2.45, 2.75) is 380 Å². The Morgan fingerprint density at radius 2 is 0.980 bits per heavy atom. The Morgan fingerprint density at radius 1 is 0.520 bits per heavy atom. The van der Waals surface area contributed by atoms with Crippen molar-refractivity contribution in [2.75, 3.05) is 33.0 Å². The van der Waals surface area contributed by atoms with Gasteiger partial charge in [-0.3, -0.25) is 9.59 Å². The van der Waals surface area contributed by atoms with Crippen LogP contribution >= 0.6 is 0 Å². The molecule has 4 aliphatic rings. The van der Waals surface area contributed by atoms with E-state index in [2.05, 4.69) is 24.5 Å². The molecule has 16 N–H and O–H groups in total. The van der Waals surface area contributed by atoms with Crippen molar-refractivity contribution < 1.29 is 129 Å². The van der Waals surface area contributed by atoms with Gasteiger partial charge in [-0.25, -0.2) is 4.79 Å². The van der Waals surface area contributed by atoms with Gasteiger partial charge in [0.15, 0.2) is 18.9 Å². The second kappa shape index (κ2) is 48.3. The highest BCUT2D eigenvalue weighted by atomic mass is 16.8. The molecule has 0 spiro atoms. The van der Waals surface area contributed by atoms with Crippen molar-refractivity contribution in [3.05, 3.63) is 0 Å². The molecule has 98 heavy (non-hydrogen) atoms. The number of ketones is 1. The van der Waals surface area contributed by atoms with Gasteiger partial charge in [0.05, 0.1) is 63.4 Å². The molecule has 23 atom stereocenters. The number of amides is 2. The molecule has 0 aliphatic carbocycles. The number of aliphatic hydroxyl groups excluding tert-OH is 13. The Balaban J connectivity index is 1.51. The fourth-order valence-corrected chi connectivity index (χ4v) is 13.7. The standard InChI is InChI=1S/C70H128N2O26/c1-5-7-9-11-13-15-17-19-20-21-22-24-26-28-30-32-34-36-54(82)72-47(48(79)35-33-31-29-27-25-23-18-16-14-12-10-8-6-2)43-91-67-60(87)59(86)62(52(41-75)93-67)95-68-61(88)65(63(53(42-76)94-68)96-66-46(37-44(3)77)56(83)58(85)51(40-74)92-66)98-70(69(89)90)38-49(80)55(71-45(4)78)64(97-70)57(84)50(81)39-73/h46-53,55-68,73-76,79-81,83-88H,5-43H2,1-4H3,(H,71,78)(H,72,82)(H,89,90)/t46-,47+,48-,49+,50-,51-,52-,53-,55-,56-,57-,58+,59-,60-,61-,62-,63+,64?,65-,66+,67-,68+,70+/m1/s1. The van der Waals surface area contributed by atoms with E-state index in [1.807, 2.05) is 0 Å². The Kier molecular flexibility index (Phi) is 43.2. The summed E-state index contributed by atoms with van der Waals surface area (Å²) in [6, 6.07) is -2.70. The first kappa shape index (κ1) is 87.6. The quantitative estimate of drug-likeness (QED) is 0.0389. The van der Waals surface area contributed by atoms with Gasteiger partial charge in [0.2, 0.25) is 11.8 Å². The largest absolute Gasteiger partial charge is 0.477 e. The fraction of sp³-hybridized carbons (Fsp3) is 0.943. The Bertz CT molecular complexity index is 2160. The van der Waals surface area contributed by atoms with Gasteiger partial charge in [0, 0.05) is 32.1 Å². The number of carboxylic acids is 1. The maximum absolute atomic E-state index is 13.6. The molecule has 28 nitrogen and oxygen atoms in total. The van der Waals surface area contributed by atoms with E-state index in [1.165, 1.54) is 128 Å². The lowest BCUT2D eigenvalue weighted by Gasteiger charge is -2.52. The summed E-state index contributed by atoms with van der Waals surface area (Å²) < 4.78 is 48.2. The molecule has 4 saturated heterocycles. The molecule has 0 aromatic heterocycles. The summed E-state index contributed by atoms with van der Waals surface area (Å²) in [7, 11) is 0. The SMILES string of the molecule is CCCCCCCCCCCCCCCCCCCC(=O)N[C@@H](CO[C@@H]1O[C@H](CO)[C@@H](O[C@@H]2O[C@H](CO)[C@H](O[C@@H]3O[C@H](CO)[C@H](O)[C@H](O)[C@H]3CC(C)=O)[C@H](O[C@]3(C(=O)O)C[C@H](O)[C@@H](NC(C)=O)C([C@H](O)[C@H](O)CO)O3)[C@H]2O)[C@H](O)[C@H]1O)[C@H](O)CCCCCCCCCCCCCCC. The van der Waals surface area contributed by atoms with Crippen LogP contribution in [0, 0.1) is 5.92 Å². The topological polar surface area (TPSA) is 449 Å². The summed E-state index contributed by atoms with van der Waals surface area (Å²) in [5.74, 6) is -8.50. The third kappa shape index (κ3) is 29.1. The van der Waals surface area contributed by atoms with Crippen LogP contribution in [0.15, 0.2) is 0 Å². The first-order chi connectivity index (χ1) is 47.0. The van der Waals surface area contributed by atoms with E-state index in [9.17, 15) is 90.7 Å². The van der Waals surface area contributed by atoms with Crippen LogP contribution in [-0.2, 0) is 57.1 Å². The van der Waals surface area contributed by atoms with E-state index < -0.39 is 204 Å². The Morgan fingerprint density at radius 3 is 1.45 bits per heavy atom. The second-order valence-electron chi connectivity index (χ2n) is 27.9. The third-order valence-electron chi connectivity index (χ3n) is 19.6. The van der Waals surface area contributed by atoms with Crippen molar-refractivity contribution in [3.63, 3.8) is 0 Å². The number of carbonyl (C=O) groups is 4. The average molecular weight is 1410 g/mol. The number of carboxylic acid groups (broad SMARTS) is 1. The van der Waals surface area contributed by atoms with Crippen LogP contribution in [0.1, 0.15) is 246 Å². The normalized spacial score (nSPS) is 31.9. The van der Waals surface area contributed by atoms with Crippen LogP contribution < -0.4 is 10.6 Å². The van der Waals surface area contributed by atoms with Gasteiger partial charge in [0.25, 0.3) is 5.79 Å². The van der Waals surface area contributed by atoms with Crippen LogP contribution in [-0.4, -0.2) is 262 Å². The minimum atomic E-state index is -3.26. The van der Waals surface area contributed by atoms with Crippen LogP contribution in [0.5, 0.6) is 0 Å². The van der Waals surface area contributed by atoms with Gasteiger partial charge in [-0.05, 0) is 19.8 Å². The van der Waals surface area contributed by atoms with Gasteiger partial charge < -0.3 is 125 Å². The lowest BCUT2D eigenvalue weighted by atomic mass is 9.87. The molecule has 28 heteroatoms. The van der Waals surface area contributed by atoms with Crippen molar-refractivity contribution in [3.8, 4) is 0 Å². The number of aliphatic carboxylic acids is 1. The first-order valence-electron chi connectivity index (χ1n) is 37.1. The summed E-state index contributed by atoms with van der Waals surface area (Å²) in [6.07, 6.45) is -3.37. The lowest BCUT2D eigenvalue weighted by Crippen LogP contribution is -2.71. The molecule has 4 heterocycles. The van der Waals surface area contributed by atoms with Gasteiger partial charge >= 0.3 is 5.97 Å². The molecule has 0 saturated carbocycles. The molecule has 0 aromatic rings. The van der Waals surface area contributed by atoms with Crippen molar-refractivity contribution in [1.29, 1.82) is 0 Å². The molecule has 2 amide bonds. The smallest absolute Gasteiger partial charge is 0.364 e. The number of hydrogen-bond acceptors (Lipinski definition) is 25. The molecule has 4 fully saturated rings. The monoisotopic (exact) mass is 1410 g/mol. The predicted octanol–water partition coefficient (Wildman–Crippen LogP) is 3.23. The van der Waals surface area contributed by atoms with E-state index in [-0.39, 0.29) is 12.3 Å². The molecular formula is C70H128N2O26. The molecule has 4 rings (SSSR count). The minimum absolute atomic E-state index is 0.189. The first-order valence-corrected chi connectivity index (χ1v) is 37.1. The number of hydrogen-bond donors (Lipinski definition) is 16. The number of rotatable bonds is 53. The lowest BCUT2D eigenvalue weighted by molar-refractivity contribution is -0.403. The Labute approximate surface area is 580 Å². The average Bonchev–Trinajstić information content (AvgIpc) is 0.751. The highest BCUT2D eigenvalue weighted by molar-refractivity contribution is 5.77. The molecule has 4 aliphatic heterocycles. The maximum atomic E-state index is 13.6. The number of nitrogens with one attached hydrogen (secondary N) is 2. The highest BCUT2D eigenvalue weighted by Crippen LogP contribution is 2.41. The van der Waals surface area contributed by atoms with E-state index in [0.29, 0.717) is 19.3 Å². The number of ether oxygens (including phenoxy) is 8. The maximum Gasteiger partial charge on any atom is 0.364 e. The van der Waals surface area contributed by atoms with E-state index in [4.69, 9.17) is 37.9 Å². The van der Waals surface area contributed by atoms with Crippen LogP contribution in [0.2, 0.25) is 0 Å². The summed E-state index contributed by atoms with van der Waals surface area (Å²) in [6.45, 7) is 2.01. The number of Topliss-reactive ketones (excluding diaryl/α,β-unsaturated/α-hetero) is 1. The van der Waals surface area contributed by atoms with Crippen LogP contribution in [0.3, 0.4) is 0 Å². The second-order valence-corrected chi connectivity index (χ2v) is 27.9. The van der Waals surface area contributed by atoms with Gasteiger partial charge in [-0.1, -0.05) is 200 Å². The fourth-order valence-electron chi connectivity index (χ4n) is 13.7. The molecule has 0 radical (unpaired) electrons. The van der Waals surface area contributed by atoms with Gasteiger partial charge in [-0.15, -0.1) is 0 Å². The summed E-state index contributed by atoms with van der Waals surface area (Å²) in [4.78, 5) is 52.1. The summed E-state index contributed by atoms with van der Waals surface area (Å²) in [5, 5.41) is 161. The number of unbranched alkanes of at least 4 members (excludes halogenated alkanes) is 28. The zero-order valence-corrected chi connectivity index (χ0v) is 58.9. The van der Waals surface area contributed by atoms with E-state index in [0.717, 1.165) is 65.2 Å². The van der Waals surface area contributed by atoms with Crippen molar-refractivity contribution in [2.24, 2.45) is 5.92 Å². The van der Waals surface area contributed by atoms with Crippen LogP contribution in [0.4, 0.5) is 0 Å². The molecule has 1 unspecified atom stereocenters. The minimum Gasteiger partial charge on any atom is -0.477 e. The number of carbonyl (C=O) groups excluding carboxylic acids is 3. The molecule has 574 valence electrons. The molecule has 0 aromatic carbocycles. The van der Waals surface area contributed by atoms with E-state index >= 15 is 0 Å². The zero-order chi connectivity index (χ0) is 72.2. The zero-order valence-electron chi connectivity index (χ0n) is 58.9. The summed E-state index contributed by atoms with van der Waals surface area (Å²) >= 11 is 0. The Hall–Kier alpha value is -2.76. The molecular weight excluding hydrogens is 1280 g/mol. The van der Waals surface area contributed by atoms with Gasteiger partial charge in [-0.2, -0.15) is 0 Å².